The molecule has 2 aromatic rings. The van der Waals surface area contributed by atoms with Crippen molar-refractivity contribution in [3.05, 3.63) is 48.0 Å². The number of methoxy groups -OCH3 is 1. The molecule has 0 aliphatic rings. The molecule has 0 saturated carbocycles. The molecule has 0 heterocycles. The molecule has 2 N–H and O–H groups in total. The molecule has 0 unspecified atom stereocenters. The van der Waals surface area contributed by atoms with E-state index < -0.39 is 11.6 Å². The molecule has 0 aliphatic carbocycles. The van der Waals surface area contributed by atoms with Crippen LogP contribution >= 0.6 is 11.8 Å². The molecule has 0 fully saturated rings. The van der Waals surface area contributed by atoms with E-state index in [1.54, 1.807) is 31.4 Å². The zero-order valence-electron chi connectivity index (χ0n) is 11.4. The summed E-state index contributed by atoms with van der Waals surface area (Å²) in [5.74, 6) is 0.533. The standard InChI is InChI=1S/C15H15F2NO2S/c1-19-11-2-4-12(5-3-11)20-6-7-21-15-13(16)8-10(18)9-14(15)17/h2-5,8-9H,6-7,18H2,1H3. The van der Waals surface area contributed by atoms with Crippen LogP contribution in [0.2, 0.25) is 0 Å². The highest BCUT2D eigenvalue weighted by Crippen LogP contribution is 2.27. The molecule has 6 heteroatoms. The summed E-state index contributed by atoms with van der Waals surface area (Å²) in [4.78, 5) is -0.0393. The maximum Gasteiger partial charge on any atom is 0.141 e. The van der Waals surface area contributed by atoms with Gasteiger partial charge in [-0.2, -0.15) is 0 Å². The van der Waals surface area contributed by atoms with E-state index in [4.69, 9.17) is 15.2 Å². The Morgan fingerprint density at radius 1 is 1.05 bits per heavy atom. The zero-order chi connectivity index (χ0) is 15.2. The Balaban J connectivity index is 1.84. The van der Waals surface area contributed by atoms with Crippen LogP contribution < -0.4 is 15.2 Å². The summed E-state index contributed by atoms with van der Waals surface area (Å²) >= 11 is 1.05. The second kappa shape index (κ2) is 7.17. The van der Waals surface area contributed by atoms with Crippen LogP contribution in [0.25, 0.3) is 0 Å². The van der Waals surface area contributed by atoms with Gasteiger partial charge in [-0.1, -0.05) is 0 Å². The van der Waals surface area contributed by atoms with Crippen molar-refractivity contribution in [1.82, 2.24) is 0 Å². The molecule has 0 atom stereocenters. The average Bonchev–Trinajstić information content (AvgIpc) is 2.46. The van der Waals surface area contributed by atoms with Crippen LogP contribution in [-0.4, -0.2) is 19.5 Å². The summed E-state index contributed by atoms with van der Waals surface area (Å²) in [5, 5.41) is 0. The Kier molecular flexibility index (Phi) is 5.27. The summed E-state index contributed by atoms with van der Waals surface area (Å²) < 4.78 is 37.6. The van der Waals surface area contributed by atoms with Gasteiger partial charge in [-0.3, -0.25) is 0 Å². The fourth-order valence-corrected chi connectivity index (χ4v) is 2.46. The number of anilines is 1. The fourth-order valence-electron chi connectivity index (χ4n) is 1.69. The lowest BCUT2D eigenvalue weighted by Gasteiger charge is -2.08. The Hall–Kier alpha value is -1.95. The number of nitrogen functional groups attached to an aromatic ring is 1. The summed E-state index contributed by atoms with van der Waals surface area (Å²) in [7, 11) is 1.59. The van der Waals surface area contributed by atoms with Gasteiger partial charge in [0.25, 0.3) is 0 Å². The number of nitrogens with two attached hydrogens (primary N) is 1. The molecule has 2 rings (SSSR count). The summed E-state index contributed by atoms with van der Waals surface area (Å²) in [6.45, 7) is 0.334. The number of hydrogen-bond donors (Lipinski definition) is 1. The van der Waals surface area contributed by atoms with E-state index in [-0.39, 0.29) is 10.6 Å². The molecule has 0 bridgehead atoms. The molecule has 21 heavy (non-hydrogen) atoms. The highest BCUT2D eigenvalue weighted by molar-refractivity contribution is 7.99. The second-order valence-corrected chi connectivity index (χ2v) is 5.29. The smallest absolute Gasteiger partial charge is 0.141 e. The summed E-state index contributed by atoms with van der Waals surface area (Å²) in [6.07, 6.45) is 0. The van der Waals surface area contributed by atoms with E-state index in [0.717, 1.165) is 29.6 Å². The van der Waals surface area contributed by atoms with E-state index in [9.17, 15) is 8.78 Å². The van der Waals surface area contributed by atoms with Crippen molar-refractivity contribution in [3.8, 4) is 11.5 Å². The lowest BCUT2D eigenvalue weighted by atomic mass is 10.3. The highest BCUT2D eigenvalue weighted by atomic mass is 32.2. The van der Waals surface area contributed by atoms with Gasteiger partial charge in [0, 0.05) is 11.4 Å². The average molecular weight is 311 g/mol. The van der Waals surface area contributed by atoms with E-state index in [1.807, 2.05) is 0 Å². The van der Waals surface area contributed by atoms with E-state index in [2.05, 4.69) is 0 Å². The number of ether oxygens (including phenoxy) is 2. The first-order chi connectivity index (χ1) is 10.1. The SMILES string of the molecule is COc1ccc(OCCSc2c(F)cc(N)cc2F)cc1. The maximum absolute atomic E-state index is 13.5. The molecule has 3 nitrogen and oxygen atoms in total. The topological polar surface area (TPSA) is 44.5 Å². The van der Waals surface area contributed by atoms with Crippen LogP contribution in [0.1, 0.15) is 0 Å². The van der Waals surface area contributed by atoms with Crippen LogP contribution in [0.3, 0.4) is 0 Å². The number of thioether (sulfide) groups is 1. The Labute approximate surface area is 126 Å². The summed E-state index contributed by atoms with van der Waals surface area (Å²) in [5.41, 5.74) is 5.43. The maximum atomic E-state index is 13.5. The third kappa shape index (κ3) is 4.26. The molecule has 0 aliphatic heterocycles. The van der Waals surface area contributed by atoms with Crippen molar-refractivity contribution in [2.45, 2.75) is 4.90 Å². The van der Waals surface area contributed by atoms with E-state index in [1.165, 1.54) is 0 Å². The van der Waals surface area contributed by atoms with Crippen molar-refractivity contribution >= 4 is 17.4 Å². The van der Waals surface area contributed by atoms with Gasteiger partial charge in [0.2, 0.25) is 0 Å². The van der Waals surface area contributed by atoms with Gasteiger partial charge in [0.05, 0.1) is 18.6 Å². The van der Waals surface area contributed by atoms with Gasteiger partial charge in [-0.15, -0.1) is 11.8 Å². The molecular weight excluding hydrogens is 296 g/mol. The van der Waals surface area contributed by atoms with Gasteiger partial charge < -0.3 is 15.2 Å². The fraction of sp³-hybridized carbons (Fsp3) is 0.200. The number of halogens is 2. The van der Waals surface area contributed by atoms with Crippen molar-refractivity contribution in [3.63, 3.8) is 0 Å². The lowest BCUT2D eigenvalue weighted by molar-refractivity contribution is 0.342. The molecule has 0 radical (unpaired) electrons. The third-order valence-electron chi connectivity index (χ3n) is 2.68. The van der Waals surface area contributed by atoms with Crippen LogP contribution in [0.15, 0.2) is 41.3 Å². The first kappa shape index (κ1) is 15.4. The largest absolute Gasteiger partial charge is 0.497 e. The molecule has 0 saturated heterocycles. The minimum absolute atomic E-state index is 0.0393. The predicted octanol–water partition coefficient (Wildman–Crippen LogP) is 3.73. The first-order valence-corrected chi connectivity index (χ1v) is 7.23. The quantitative estimate of drug-likeness (QED) is 0.501. The van der Waals surface area contributed by atoms with Gasteiger partial charge in [-0.25, -0.2) is 8.78 Å². The molecule has 0 amide bonds. The lowest BCUT2D eigenvalue weighted by Crippen LogP contribution is -2.01. The van der Waals surface area contributed by atoms with Crippen LogP contribution in [0, 0.1) is 11.6 Å². The van der Waals surface area contributed by atoms with Crippen molar-refractivity contribution in [1.29, 1.82) is 0 Å². The first-order valence-electron chi connectivity index (χ1n) is 6.24. The number of rotatable bonds is 6. The minimum Gasteiger partial charge on any atom is -0.497 e. The minimum atomic E-state index is -0.651. The number of hydrogen-bond acceptors (Lipinski definition) is 4. The summed E-state index contributed by atoms with van der Waals surface area (Å²) in [6, 6.07) is 9.32. The molecule has 0 aromatic heterocycles. The van der Waals surface area contributed by atoms with Gasteiger partial charge in [-0.05, 0) is 36.4 Å². The molecule has 112 valence electrons. The monoisotopic (exact) mass is 311 g/mol. The van der Waals surface area contributed by atoms with Crippen molar-refractivity contribution in [2.75, 3.05) is 25.2 Å². The second-order valence-electron chi connectivity index (χ2n) is 4.19. The molecule has 0 spiro atoms. The van der Waals surface area contributed by atoms with Crippen LogP contribution in [0.5, 0.6) is 11.5 Å². The zero-order valence-corrected chi connectivity index (χ0v) is 12.3. The Bertz CT molecular complexity index is 582. The van der Waals surface area contributed by atoms with Gasteiger partial charge >= 0.3 is 0 Å². The van der Waals surface area contributed by atoms with Crippen LogP contribution in [-0.2, 0) is 0 Å². The third-order valence-corrected chi connectivity index (χ3v) is 3.73. The predicted molar refractivity (Wildman–Crippen MR) is 80.0 cm³/mol. The molecule has 2 aromatic carbocycles. The highest BCUT2D eigenvalue weighted by Gasteiger charge is 2.10. The Morgan fingerprint density at radius 2 is 1.62 bits per heavy atom. The van der Waals surface area contributed by atoms with Gasteiger partial charge in [0.1, 0.15) is 23.1 Å². The Morgan fingerprint density at radius 3 is 2.19 bits per heavy atom. The normalized spacial score (nSPS) is 10.4. The number of benzene rings is 2. The van der Waals surface area contributed by atoms with Gasteiger partial charge in [0.15, 0.2) is 0 Å². The van der Waals surface area contributed by atoms with Crippen molar-refractivity contribution in [2.24, 2.45) is 0 Å². The van der Waals surface area contributed by atoms with Crippen LogP contribution in [0.4, 0.5) is 14.5 Å². The molecular formula is C15H15F2NO2S. The van der Waals surface area contributed by atoms with E-state index >= 15 is 0 Å². The van der Waals surface area contributed by atoms with E-state index in [0.29, 0.717) is 18.1 Å². The van der Waals surface area contributed by atoms with Crippen molar-refractivity contribution < 1.29 is 18.3 Å².